The topological polar surface area (TPSA) is 116 Å². The Kier molecular flexibility index (Phi) is 3.05. The largest absolute Gasteiger partial charge is 0.480 e. The van der Waals surface area contributed by atoms with Crippen LogP contribution in [-0.4, -0.2) is 45.9 Å². The van der Waals surface area contributed by atoms with Crippen LogP contribution in [0.1, 0.15) is 0 Å². The molecule has 0 aromatic heterocycles. The molecule has 0 fully saturated rings. The summed E-state index contributed by atoms with van der Waals surface area (Å²) in [6.45, 7) is -0.243. The number of amides is 1. The zero-order chi connectivity index (χ0) is 10.7. The minimum atomic E-state index is -1.22. The average Bonchev–Trinajstić information content (AvgIpc) is 2.11. The summed E-state index contributed by atoms with van der Waals surface area (Å²) in [4.78, 5) is 22.5. The van der Waals surface area contributed by atoms with Crippen LogP contribution in [0, 0.1) is 0 Å². The van der Waals surface area contributed by atoms with Gasteiger partial charge in [0.15, 0.2) is 0 Å². The van der Waals surface area contributed by atoms with E-state index < -0.39 is 24.3 Å². The van der Waals surface area contributed by atoms with Gasteiger partial charge in [0.05, 0.1) is 6.54 Å². The van der Waals surface area contributed by atoms with Crippen LogP contribution in [0.5, 0.6) is 0 Å². The first-order valence-corrected chi connectivity index (χ1v) is 3.92. The third-order valence-electron chi connectivity index (χ3n) is 1.76. The lowest BCUT2D eigenvalue weighted by molar-refractivity contribution is -0.144. The molecule has 1 heterocycles. The highest BCUT2D eigenvalue weighted by atomic mass is 16.4. The summed E-state index contributed by atoms with van der Waals surface area (Å²) in [6.07, 6.45) is 1.25. The molecule has 1 aliphatic rings. The van der Waals surface area contributed by atoms with E-state index in [1.54, 1.807) is 0 Å². The van der Waals surface area contributed by atoms with E-state index in [4.69, 9.17) is 10.8 Å². The quantitative estimate of drug-likeness (QED) is 0.405. The lowest BCUT2D eigenvalue weighted by Crippen LogP contribution is -2.54. The Morgan fingerprint density at radius 2 is 2.43 bits per heavy atom. The molecule has 1 rings (SSSR count). The van der Waals surface area contributed by atoms with Gasteiger partial charge < -0.3 is 21.3 Å². The van der Waals surface area contributed by atoms with Crippen molar-refractivity contribution in [2.24, 2.45) is 5.73 Å². The Morgan fingerprint density at radius 1 is 1.79 bits per heavy atom. The molecule has 78 valence electrons. The number of carbonyl (C=O) groups excluding carboxylic acids is 1. The molecule has 1 aliphatic heterocycles. The van der Waals surface area contributed by atoms with Gasteiger partial charge in [-0.05, 0) is 0 Å². The highest BCUT2D eigenvalue weighted by Gasteiger charge is 2.26. The number of carbonyl (C=O) groups is 2. The molecule has 0 aromatic rings. The van der Waals surface area contributed by atoms with Crippen molar-refractivity contribution in [3.8, 4) is 0 Å². The minimum absolute atomic E-state index is 0.243. The van der Waals surface area contributed by atoms with E-state index in [0.717, 1.165) is 4.90 Å². The number of rotatable bonds is 3. The zero-order valence-electron chi connectivity index (χ0n) is 7.25. The van der Waals surface area contributed by atoms with Crippen molar-refractivity contribution in [1.29, 1.82) is 0 Å². The van der Waals surface area contributed by atoms with Crippen molar-refractivity contribution in [3.63, 3.8) is 0 Å². The number of carboxylic acid groups (broad SMARTS) is 1. The second-order valence-corrected chi connectivity index (χ2v) is 2.81. The van der Waals surface area contributed by atoms with Crippen molar-refractivity contribution in [3.05, 3.63) is 12.3 Å². The second kappa shape index (κ2) is 4.07. The van der Waals surface area contributed by atoms with Crippen LogP contribution in [0.2, 0.25) is 0 Å². The van der Waals surface area contributed by atoms with E-state index >= 15 is 0 Å². The molecule has 1 unspecified atom stereocenters. The van der Waals surface area contributed by atoms with Crippen molar-refractivity contribution >= 4 is 11.9 Å². The molecule has 0 saturated carbocycles. The van der Waals surface area contributed by atoms with Crippen molar-refractivity contribution < 1.29 is 19.8 Å². The number of aliphatic hydroxyl groups excluding tert-OH is 1. The number of hydrogen-bond acceptors (Lipinski definition) is 5. The Hall–Kier alpha value is -1.60. The molecule has 1 amide bonds. The number of nitrogens with zero attached hydrogens (tertiary/aromatic N) is 1. The molecule has 0 aliphatic carbocycles. The van der Waals surface area contributed by atoms with Crippen LogP contribution in [0.15, 0.2) is 12.3 Å². The number of hydrogen-bond donors (Lipinski definition) is 4. The van der Waals surface area contributed by atoms with Crippen LogP contribution in [0.4, 0.5) is 0 Å². The Bertz CT molecular complexity index is 278. The first-order valence-electron chi connectivity index (χ1n) is 3.92. The Labute approximate surface area is 79.8 Å². The fourth-order valence-corrected chi connectivity index (χ4v) is 0.992. The summed E-state index contributed by atoms with van der Waals surface area (Å²) in [5, 5.41) is 20.2. The summed E-state index contributed by atoms with van der Waals surface area (Å²) in [5.74, 6) is -1.70. The maximum absolute atomic E-state index is 11.2. The van der Waals surface area contributed by atoms with E-state index in [1.165, 1.54) is 12.3 Å². The number of aliphatic carboxylic acids is 1. The first-order chi connectivity index (χ1) is 6.52. The van der Waals surface area contributed by atoms with Gasteiger partial charge in [-0.3, -0.25) is 14.5 Å². The van der Waals surface area contributed by atoms with Gasteiger partial charge in [0.25, 0.3) is 5.91 Å². The Morgan fingerprint density at radius 3 is 2.93 bits per heavy atom. The zero-order valence-corrected chi connectivity index (χ0v) is 7.25. The summed E-state index contributed by atoms with van der Waals surface area (Å²) in [7, 11) is 0. The molecular weight excluding hydrogens is 190 g/mol. The fourth-order valence-electron chi connectivity index (χ4n) is 0.992. The molecular formula is C7H11N3O4. The minimum Gasteiger partial charge on any atom is -0.480 e. The van der Waals surface area contributed by atoms with Crippen LogP contribution in [0.25, 0.3) is 0 Å². The van der Waals surface area contributed by atoms with E-state index in [0.29, 0.717) is 0 Å². The van der Waals surface area contributed by atoms with E-state index in [9.17, 15) is 14.7 Å². The number of aliphatic hydroxyl groups is 1. The maximum atomic E-state index is 11.2. The molecule has 5 N–H and O–H groups in total. The van der Waals surface area contributed by atoms with Gasteiger partial charge in [0, 0.05) is 12.3 Å². The smallest absolute Gasteiger partial charge is 0.322 e. The van der Waals surface area contributed by atoms with Gasteiger partial charge in [-0.1, -0.05) is 0 Å². The summed E-state index contributed by atoms with van der Waals surface area (Å²) in [5.41, 5.74) is 5.22. The van der Waals surface area contributed by atoms with Crippen LogP contribution in [0.3, 0.4) is 0 Å². The number of carboxylic acids is 1. The third-order valence-corrected chi connectivity index (χ3v) is 1.76. The number of nitrogens with two attached hydrogens (primary N) is 1. The fraction of sp³-hybridized carbons (Fsp3) is 0.429. The normalized spacial score (nSPS) is 23.1. The summed E-state index contributed by atoms with van der Waals surface area (Å²) < 4.78 is 0. The molecule has 0 aromatic carbocycles. The molecule has 14 heavy (non-hydrogen) atoms. The molecule has 7 nitrogen and oxygen atoms in total. The lowest BCUT2D eigenvalue weighted by atomic mass is 10.2. The molecule has 0 bridgehead atoms. The van der Waals surface area contributed by atoms with E-state index in [2.05, 4.69) is 5.32 Å². The standard InChI is InChI=1S/C7H11N3O4/c8-4(6(12)13)3-10-5(11)1-2-9-7(10)14/h1-2,4,7,9,14H,3,8H2,(H,12,13)/t4-,7?/m0/s1. The van der Waals surface area contributed by atoms with Gasteiger partial charge in [-0.25, -0.2) is 0 Å². The predicted molar refractivity (Wildman–Crippen MR) is 45.6 cm³/mol. The van der Waals surface area contributed by atoms with Crippen LogP contribution >= 0.6 is 0 Å². The van der Waals surface area contributed by atoms with Gasteiger partial charge in [0.2, 0.25) is 6.35 Å². The van der Waals surface area contributed by atoms with E-state index in [-0.39, 0.29) is 6.54 Å². The summed E-state index contributed by atoms with van der Waals surface area (Å²) in [6, 6.07) is -1.21. The third kappa shape index (κ3) is 2.21. The second-order valence-electron chi connectivity index (χ2n) is 2.81. The average molecular weight is 201 g/mol. The first kappa shape index (κ1) is 10.5. The van der Waals surface area contributed by atoms with Crippen molar-refractivity contribution in [2.45, 2.75) is 12.4 Å². The van der Waals surface area contributed by atoms with Crippen LogP contribution < -0.4 is 11.1 Å². The van der Waals surface area contributed by atoms with Crippen molar-refractivity contribution in [1.82, 2.24) is 10.2 Å². The van der Waals surface area contributed by atoms with E-state index in [1.807, 2.05) is 0 Å². The van der Waals surface area contributed by atoms with Gasteiger partial charge in [-0.15, -0.1) is 0 Å². The maximum Gasteiger partial charge on any atom is 0.322 e. The molecule has 0 saturated heterocycles. The monoisotopic (exact) mass is 201 g/mol. The molecule has 2 atom stereocenters. The lowest BCUT2D eigenvalue weighted by Gasteiger charge is -2.30. The summed E-state index contributed by atoms with van der Waals surface area (Å²) >= 11 is 0. The number of nitrogens with one attached hydrogen (secondary N) is 1. The molecule has 0 spiro atoms. The highest BCUT2D eigenvalue weighted by molar-refractivity contribution is 5.89. The molecule has 7 heteroatoms. The highest BCUT2D eigenvalue weighted by Crippen LogP contribution is 2.02. The Balaban J connectivity index is 2.62. The van der Waals surface area contributed by atoms with Crippen LogP contribution in [-0.2, 0) is 9.59 Å². The van der Waals surface area contributed by atoms with Crippen molar-refractivity contribution in [2.75, 3.05) is 6.54 Å². The van der Waals surface area contributed by atoms with Gasteiger partial charge in [-0.2, -0.15) is 0 Å². The molecule has 0 radical (unpaired) electrons. The predicted octanol–water partition coefficient (Wildman–Crippen LogP) is -2.38. The van der Waals surface area contributed by atoms with Gasteiger partial charge >= 0.3 is 5.97 Å². The SMILES string of the molecule is N[C@@H](CN1C(=O)C=CNC1O)C(=O)O. The van der Waals surface area contributed by atoms with Gasteiger partial charge in [0.1, 0.15) is 6.04 Å².